The number of amides is 1. The number of fused-ring (bicyclic) bond motifs is 1. The van der Waals surface area contributed by atoms with Crippen LogP contribution in [-0.4, -0.2) is 70.8 Å². The Labute approximate surface area is 176 Å². The molecule has 0 N–H and O–H groups in total. The van der Waals surface area contributed by atoms with Crippen LogP contribution in [0.25, 0.3) is 5.65 Å². The lowest BCUT2D eigenvalue weighted by atomic mass is 10.0. The summed E-state index contributed by atoms with van der Waals surface area (Å²) < 4.78 is 1.95. The number of pyridine rings is 1. The minimum absolute atomic E-state index is 0.0893. The van der Waals surface area contributed by atoms with Gasteiger partial charge in [-0.1, -0.05) is 41.9 Å². The van der Waals surface area contributed by atoms with Crippen LogP contribution in [0.2, 0.25) is 5.02 Å². The average molecular weight is 412 g/mol. The SMILES string of the molecule is CN(C)C(=O)c1nc2ccc(Cl)cn2c1CN1CCN(C)[C@H](c2ccccc2)C1. The van der Waals surface area contributed by atoms with Crippen molar-refractivity contribution >= 4 is 23.2 Å². The largest absolute Gasteiger partial charge is 0.343 e. The second-order valence-corrected chi connectivity index (χ2v) is 8.26. The maximum absolute atomic E-state index is 12.8. The lowest BCUT2D eigenvalue weighted by Crippen LogP contribution is -2.46. The maximum atomic E-state index is 12.8. The summed E-state index contributed by atoms with van der Waals surface area (Å²) >= 11 is 6.24. The summed E-state index contributed by atoms with van der Waals surface area (Å²) in [5.41, 5.74) is 3.43. The van der Waals surface area contributed by atoms with E-state index < -0.39 is 0 Å². The average Bonchev–Trinajstić information content (AvgIpc) is 3.07. The summed E-state index contributed by atoms with van der Waals surface area (Å²) in [5.74, 6) is -0.0893. The van der Waals surface area contributed by atoms with Crippen LogP contribution in [0.4, 0.5) is 0 Å². The third-order valence-corrected chi connectivity index (χ3v) is 5.80. The molecule has 1 aliphatic rings. The van der Waals surface area contributed by atoms with E-state index in [1.807, 2.05) is 22.7 Å². The quantitative estimate of drug-likeness (QED) is 0.661. The summed E-state index contributed by atoms with van der Waals surface area (Å²) in [6, 6.07) is 14.6. The van der Waals surface area contributed by atoms with Crippen LogP contribution in [0.15, 0.2) is 48.7 Å². The fourth-order valence-electron chi connectivity index (χ4n) is 3.92. The molecule has 1 aliphatic heterocycles. The van der Waals surface area contributed by atoms with Crippen molar-refractivity contribution in [1.82, 2.24) is 24.1 Å². The summed E-state index contributed by atoms with van der Waals surface area (Å²) in [6.45, 7) is 3.44. The number of halogens is 1. The first-order valence-corrected chi connectivity index (χ1v) is 10.2. The molecule has 152 valence electrons. The van der Waals surface area contributed by atoms with Crippen molar-refractivity contribution in [3.05, 3.63) is 70.6 Å². The molecule has 6 nitrogen and oxygen atoms in total. The van der Waals surface area contributed by atoms with E-state index in [9.17, 15) is 4.79 Å². The van der Waals surface area contributed by atoms with Gasteiger partial charge in [-0.05, 0) is 24.7 Å². The van der Waals surface area contributed by atoms with Gasteiger partial charge in [-0.15, -0.1) is 0 Å². The first-order chi connectivity index (χ1) is 13.9. The smallest absolute Gasteiger partial charge is 0.273 e. The van der Waals surface area contributed by atoms with Crippen molar-refractivity contribution in [2.45, 2.75) is 12.6 Å². The molecule has 3 heterocycles. The van der Waals surface area contributed by atoms with E-state index in [4.69, 9.17) is 11.6 Å². The van der Waals surface area contributed by atoms with Crippen molar-refractivity contribution in [2.75, 3.05) is 40.8 Å². The zero-order valence-corrected chi connectivity index (χ0v) is 17.8. The van der Waals surface area contributed by atoms with Gasteiger partial charge < -0.3 is 9.30 Å². The number of likely N-dealkylation sites (N-methyl/N-ethyl adjacent to an activating group) is 1. The molecule has 3 aromatic rings. The highest BCUT2D eigenvalue weighted by Crippen LogP contribution is 2.26. The number of imidazole rings is 1. The number of hydrogen-bond acceptors (Lipinski definition) is 4. The molecule has 1 atom stereocenters. The fraction of sp³-hybridized carbons (Fsp3) is 0.364. The number of aromatic nitrogens is 2. The molecule has 7 heteroatoms. The first-order valence-electron chi connectivity index (χ1n) is 9.79. The Morgan fingerprint density at radius 1 is 1.17 bits per heavy atom. The lowest BCUT2D eigenvalue weighted by molar-refractivity contribution is 0.0804. The molecule has 1 saturated heterocycles. The lowest BCUT2D eigenvalue weighted by Gasteiger charge is -2.39. The Morgan fingerprint density at radius 3 is 2.66 bits per heavy atom. The molecule has 0 bridgehead atoms. The number of nitrogens with zero attached hydrogens (tertiary/aromatic N) is 5. The second kappa shape index (κ2) is 8.14. The second-order valence-electron chi connectivity index (χ2n) is 7.82. The van der Waals surface area contributed by atoms with Crippen LogP contribution in [-0.2, 0) is 6.54 Å². The van der Waals surface area contributed by atoms with E-state index in [2.05, 4.69) is 46.1 Å². The van der Waals surface area contributed by atoms with Crippen molar-refractivity contribution in [3.8, 4) is 0 Å². The van der Waals surface area contributed by atoms with E-state index in [1.54, 1.807) is 25.1 Å². The number of carbonyl (C=O) groups is 1. The number of benzene rings is 1. The van der Waals surface area contributed by atoms with Crippen molar-refractivity contribution in [2.24, 2.45) is 0 Å². The zero-order chi connectivity index (χ0) is 20.5. The summed E-state index contributed by atoms with van der Waals surface area (Å²) in [7, 11) is 5.68. The van der Waals surface area contributed by atoms with E-state index >= 15 is 0 Å². The highest BCUT2D eigenvalue weighted by Gasteiger charge is 2.28. The van der Waals surface area contributed by atoms with Gasteiger partial charge in [0.1, 0.15) is 5.65 Å². The van der Waals surface area contributed by atoms with Crippen LogP contribution in [0.1, 0.15) is 27.8 Å². The molecule has 1 fully saturated rings. The molecule has 0 radical (unpaired) electrons. The molecule has 4 rings (SSSR count). The molecule has 0 unspecified atom stereocenters. The monoisotopic (exact) mass is 411 g/mol. The predicted octanol–water partition coefficient (Wildman–Crippen LogP) is 3.18. The number of rotatable bonds is 4. The van der Waals surface area contributed by atoms with Crippen LogP contribution in [0.3, 0.4) is 0 Å². The van der Waals surface area contributed by atoms with Gasteiger partial charge in [0.2, 0.25) is 0 Å². The van der Waals surface area contributed by atoms with E-state index in [0.29, 0.717) is 23.3 Å². The van der Waals surface area contributed by atoms with Gasteiger partial charge in [-0.3, -0.25) is 14.6 Å². The molecular weight excluding hydrogens is 386 g/mol. The van der Waals surface area contributed by atoms with Crippen LogP contribution >= 0.6 is 11.6 Å². The van der Waals surface area contributed by atoms with Crippen molar-refractivity contribution in [3.63, 3.8) is 0 Å². The van der Waals surface area contributed by atoms with Crippen molar-refractivity contribution < 1.29 is 4.79 Å². The Morgan fingerprint density at radius 2 is 1.93 bits per heavy atom. The molecule has 1 aromatic carbocycles. The first kappa shape index (κ1) is 19.9. The van der Waals surface area contributed by atoms with Gasteiger partial charge in [-0.2, -0.15) is 0 Å². The van der Waals surface area contributed by atoms with Gasteiger partial charge in [-0.25, -0.2) is 4.98 Å². The van der Waals surface area contributed by atoms with Gasteiger partial charge >= 0.3 is 0 Å². The van der Waals surface area contributed by atoms with Gasteiger partial charge in [0.05, 0.1) is 10.7 Å². The third kappa shape index (κ3) is 4.01. The molecule has 2 aromatic heterocycles. The third-order valence-electron chi connectivity index (χ3n) is 5.58. The van der Waals surface area contributed by atoms with E-state index in [-0.39, 0.29) is 5.91 Å². The van der Waals surface area contributed by atoms with Crippen molar-refractivity contribution in [1.29, 1.82) is 0 Å². The zero-order valence-electron chi connectivity index (χ0n) is 17.0. The highest BCUT2D eigenvalue weighted by molar-refractivity contribution is 6.30. The summed E-state index contributed by atoms with van der Waals surface area (Å²) in [6.07, 6.45) is 1.84. The standard InChI is InChI=1S/C22H26ClN5O/c1-25(2)22(29)21-19(28-13-17(23)9-10-20(28)24-21)15-27-12-11-26(3)18(14-27)16-7-5-4-6-8-16/h4-10,13,18H,11-12,14-15H2,1-3H3/t18-/m0/s1. The molecular formula is C22H26ClN5O. The van der Waals surface area contributed by atoms with Gasteiger partial charge in [0, 0.05) is 52.5 Å². The topological polar surface area (TPSA) is 44.1 Å². The normalized spacial score (nSPS) is 18.3. The van der Waals surface area contributed by atoms with Crippen LogP contribution in [0, 0.1) is 0 Å². The molecule has 0 spiro atoms. The van der Waals surface area contributed by atoms with Gasteiger partial charge in [0.25, 0.3) is 5.91 Å². The Hall–Kier alpha value is -2.41. The molecule has 29 heavy (non-hydrogen) atoms. The molecule has 0 aliphatic carbocycles. The molecule has 0 saturated carbocycles. The Bertz CT molecular complexity index is 1020. The number of hydrogen-bond donors (Lipinski definition) is 0. The minimum atomic E-state index is -0.0893. The predicted molar refractivity (Wildman–Crippen MR) is 115 cm³/mol. The maximum Gasteiger partial charge on any atom is 0.273 e. The molecule has 1 amide bonds. The van der Waals surface area contributed by atoms with Crippen LogP contribution in [0.5, 0.6) is 0 Å². The number of carbonyl (C=O) groups excluding carboxylic acids is 1. The highest BCUT2D eigenvalue weighted by atomic mass is 35.5. The minimum Gasteiger partial charge on any atom is -0.343 e. The summed E-state index contributed by atoms with van der Waals surface area (Å²) in [5, 5.41) is 0.626. The summed E-state index contributed by atoms with van der Waals surface area (Å²) in [4.78, 5) is 23.8. The van der Waals surface area contributed by atoms with Crippen LogP contribution < -0.4 is 0 Å². The Kier molecular flexibility index (Phi) is 5.58. The number of piperazine rings is 1. The van der Waals surface area contributed by atoms with E-state index in [1.165, 1.54) is 5.56 Å². The fourth-order valence-corrected chi connectivity index (χ4v) is 4.08. The Balaban J connectivity index is 1.67. The van der Waals surface area contributed by atoms with E-state index in [0.717, 1.165) is 31.0 Å². The van der Waals surface area contributed by atoms with Gasteiger partial charge in [0.15, 0.2) is 5.69 Å².